The van der Waals surface area contributed by atoms with Crippen molar-refractivity contribution in [3.63, 3.8) is 0 Å². The molecular formula is C12H13NO. The van der Waals surface area contributed by atoms with Crippen molar-refractivity contribution in [3.8, 4) is 5.75 Å². The third-order valence-electron chi connectivity index (χ3n) is 2.37. The standard InChI is InChI=1S/C12H13NO/c1-3-9-7-11-10(5-4-6-13-11)12(8-9)14-2/h4-8H,3H2,1-2H3. The van der Waals surface area contributed by atoms with Gasteiger partial charge in [0.25, 0.3) is 0 Å². The minimum absolute atomic E-state index is 0.910. The van der Waals surface area contributed by atoms with Crippen molar-refractivity contribution < 1.29 is 4.74 Å². The Bertz CT molecular complexity index is 451. The van der Waals surface area contributed by atoms with E-state index in [1.165, 1.54) is 5.56 Å². The van der Waals surface area contributed by atoms with Crippen LogP contribution in [0.15, 0.2) is 30.5 Å². The van der Waals surface area contributed by atoms with E-state index >= 15 is 0 Å². The molecule has 14 heavy (non-hydrogen) atoms. The molecule has 0 saturated heterocycles. The van der Waals surface area contributed by atoms with Crippen molar-refractivity contribution in [2.45, 2.75) is 13.3 Å². The molecule has 2 heteroatoms. The Morgan fingerprint density at radius 2 is 2.21 bits per heavy atom. The first-order valence-corrected chi connectivity index (χ1v) is 4.76. The number of hydrogen-bond donors (Lipinski definition) is 0. The molecule has 0 amide bonds. The molecule has 0 spiro atoms. The van der Waals surface area contributed by atoms with Gasteiger partial charge in [-0.05, 0) is 36.2 Å². The van der Waals surface area contributed by atoms with Crippen LogP contribution in [-0.2, 0) is 6.42 Å². The summed E-state index contributed by atoms with van der Waals surface area (Å²) in [7, 11) is 1.70. The molecule has 0 saturated carbocycles. The van der Waals surface area contributed by atoms with Crippen LogP contribution in [0, 0.1) is 0 Å². The second-order valence-corrected chi connectivity index (χ2v) is 3.22. The molecule has 2 rings (SSSR count). The Morgan fingerprint density at radius 1 is 1.36 bits per heavy atom. The maximum Gasteiger partial charge on any atom is 0.128 e. The molecular weight excluding hydrogens is 174 g/mol. The number of pyridine rings is 1. The van der Waals surface area contributed by atoms with Crippen LogP contribution >= 0.6 is 0 Å². The molecule has 1 heterocycles. The average molecular weight is 187 g/mol. The molecule has 1 aromatic carbocycles. The number of nitrogens with zero attached hydrogens (tertiary/aromatic N) is 1. The zero-order chi connectivity index (χ0) is 9.97. The van der Waals surface area contributed by atoms with Crippen molar-refractivity contribution in [2.24, 2.45) is 0 Å². The maximum atomic E-state index is 5.33. The number of rotatable bonds is 2. The molecule has 0 fully saturated rings. The molecule has 2 aromatic rings. The first-order valence-electron chi connectivity index (χ1n) is 4.76. The third-order valence-corrected chi connectivity index (χ3v) is 2.37. The number of ether oxygens (including phenoxy) is 1. The van der Waals surface area contributed by atoms with E-state index in [-0.39, 0.29) is 0 Å². The zero-order valence-corrected chi connectivity index (χ0v) is 8.45. The number of hydrogen-bond acceptors (Lipinski definition) is 2. The predicted molar refractivity (Wildman–Crippen MR) is 57.7 cm³/mol. The molecule has 0 aliphatic heterocycles. The lowest BCUT2D eigenvalue weighted by Crippen LogP contribution is -1.89. The fourth-order valence-corrected chi connectivity index (χ4v) is 1.58. The molecule has 0 aliphatic rings. The lowest BCUT2D eigenvalue weighted by molar-refractivity contribution is 0.419. The lowest BCUT2D eigenvalue weighted by atomic mass is 10.1. The van der Waals surface area contributed by atoms with Gasteiger partial charge < -0.3 is 4.74 Å². The van der Waals surface area contributed by atoms with E-state index in [4.69, 9.17) is 4.74 Å². The fourth-order valence-electron chi connectivity index (χ4n) is 1.58. The number of methoxy groups -OCH3 is 1. The smallest absolute Gasteiger partial charge is 0.128 e. The topological polar surface area (TPSA) is 22.1 Å². The third kappa shape index (κ3) is 1.43. The van der Waals surface area contributed by atoms with Crippen LogP contribution < -0.4 is 4.74 Å². The summed E-state index contributed by atoms with van der Waals surface area (Å²) in [5.41, 5.74) is 2.26. The summed E-state index contributed by atoms with van der Waals surface area (Å²) >= 11 is 0. The second kappa shape index (κ2) is 3.66. The molecule has 0 N–H and O–H groups in total. The Kier molecular flexibility index (Phi) is 2.35. The van der Waals surface area contributed by atoms with Gasteiger partial charge in [-0.3, -0.25) is 4.98 Å². The molecule has 1 aromatic heterocycles. The van der Waals surface area contributed by atoms with Gasteiger partial charge in [0.2, 0.25) is 0 Å². The fraction of sp³-hybridized carbons (Fsp3) is 0.250. The van der Waals surface area contributed by atoms with Crippen LogP contribution in [0.4, 0.5) is 0 Å². The van der Waals surface area contributed by atoms with Crippen LogP contribution in [0.2, 0.25) is 0 Å². The highest BCUT2D eigenvalue weighted by molar-refractivity contribution is 5.85. The van der Waals surface area contributed by atoms with Gasteiger partial charge in [0.05, 0.1) is 12.6 Å². The molecule has 0 unspecified atom stereocenters. The highest BCUT2D eigenvalue weighted by Crippen LogP contribution is 2.25. The predicted octanol–water partition coefficient (Wildman–Crippen LogP) is 2.81. The van der Waals surface area contributed by atoms with Crippen LogP contribution in [0.5, 0.6) is 5.75 Å². The largest absolute Gasteiger partial charge is 0.496 e. The number of aromatic nitrogens is 1. The first kappa shape index (κ1) is 9.00. The van der Waals surface area contributed by atoms with Crippen molar-refractivity contribution in [2.75, 3.05) is 7.11 Å². The summed E-state index contributed by atoms with van der Waals surface area (Å²) in [5.74, 6) is 0.910. The molecule has 2 nitrogen and oxygen atoms in total. The highest BCUT2D eigenvalue weighted by Gasteiger charge is 2.03. The summed E-state index contributed by atoms with van der Waals surface area (Å²) in [6, 6.07) is 8.14. The normalized spacial score (nSPS) is 10.4. The van der Waals surface area contributed by atoms with Crippen molar-refractivity contribution in [3.05, 3.63) is 36.0 Å². The second-order valence-electron chi connectivity index (χ2n) is 3.22. The first-order chi connectivity index (χ1) is 6.85. The van der Waals surface area contributed by atoms with E-state index in [0.29, 0.717) is 0 Å². The van der Waals surface area contributed by atoms with E-state index < -0.39 is 0 Å². The van der Waals surface area contributed by atoms with E-state index in [0.717, 1.165) is 23.1 Å². The quantitative estimate of drug-likeness (QED) is 0.721. The lowest BCUT2D eigenvalue weighted by Gasteiger charge is -2.06. The number of benzene rings is 1. The monoisotopic (exact) mass is 187 g/mol. The van der Waals surface area contributed by atoms with E-state index in [1.807, 2.05) is 12.1 Å². The summed E-state index contributed by atoms with van der Waals surface area (Å²) < 4.78 is 5.33. The number of fused-ring (bicyclic) bond motifs is 1. The van der Waals surface area contributed by atoms with Gasteiger partial charge in [-0.25, -0.2) is 0 Å². The molecule has 0 bridgehead atoms. The van der Waals surface area contributed by atoms with Crippen LogP contribution in [-0.4, -0.2) is 12.1 Å². The van der Waals surface area contributed by atoms with E-state index in [2.05, 4.69) is 24.0 Å². The molecule has 72 valence electrons. The molecule has 0 aliphatic carbocycles. The SMILES string of the molecule is CCc1cc(OC)c2cccnc2c1. The van der Waals surface area contributed by atoms with Crippen LogP contribution in [0.25, 0.3) is 10.9 Å². The van der Waals surface area contributed by atoms with Crippen molar-refractivity contribution >= 4 is 10.9 Å². The number of aryl methyl sites for hydroxylation is 1. The van der Waals surface area contributed by atoms with E-state index in [9.17, 15) is 0 Å². The van der Waals surface area contributed by atoms with Gasteiger partial charge in [-0.2, -0.15) is 0 Å². The van der Waals surface area contributed by atoms with Gasteiger partial charge >= 0.3 is 0 Å². The van der Waals surface area contributed by atoms with Gasteiger partial charge in [0.1, 0.15) is 5.75 Å². The van der Waals surface area contributed by atoms with Crippen LogP contribution in [0.1, 0.15) is 12.5 Å². The van der Waals surface area contributed by atoms with E-state index in [1.54, 1.807) is 13.3 Å². The Balaban J connectivity index is 2.73. The molecule has 0 atom stereocenters. The minimum Gasteiger partial charge on any atom is -0.496 e. The summed E-state index contributed by atoms with van der Waals surface area (Å²) in [5, 5.41) is 1.08. The maximum absolute atomic E-state index is 5.33. The van der Waals surface area contributed by atoms with Gasteiger partial charge in [-0.15, -0.1) is 0 Å². The summed E-state index contributed by atoms with van der Waals surface area (Å²) in [6.07, 6.45) is 2.81. The zero-order valence-electron chi connectivity index (χ0n) is 8.45. The highest BCUT2D eigenvalue weighted by atomic mass is 16.5. The Labute approximate surface area is 83.5 Å². The van der Waals surface area contributed by atoms with Gasteiger partial charge in [-0.1, -0.05) is 6.92 Å². The minimum atomic E-state index is 0.910. The van der Waals surface area contributed by atoms with Crippen molar-refractivity contribution in [1.29, 1.82) is 0 Å². The van der Waals surface area contributed by atoms with Gasteiger partial charge in [0, 0.05) is 11.6 Å². The van der Waals surface area contributed by atoms with Gasteiger partial charge in [0.15, 0.2) is 0 Å². The Morgan fingerprint density at radius 3 is 2.93 bits per heavy atom. The summed E-state index contributed by atoms with van der Waals surface area (Å²) in [4.78, 5) is 4.32. The molecule has 0 radical (unpaired) electrons. The Hall–Kier alpha value is -1.57. The van der Waals surface area contributed by atoms with Crippen molar-refractivity contribution in [1.82, 2.24) is 4.98 Å². The average Bonchev–Trinajstić information content (AvgIpc) is 2.27. The summed E-state index contributed by atoms with van der Waals surface area (Å²) in [6.45, 7) is 2.13. The van der Waals surface area contributed by atoms with Crippen LogP contribution in [0.3, 0.4) is 0 Å².